The number of hydrogen-bond donors (Lipinski definition) is 3. The normalized spacial score (nSPS) is 14.6. The molecule has 84 valence electrons. The Balaban J connectivity index is 2.51. The van der Waals surface area contributed by atoms with Crippen molar-refractivity contribution in [3.8, 4) is 0 Å². The molecule has 1 rings (SSSR count). The van der Waals surface area contributed by atoms with Crippen molar-refractivity contribution < 1.29 is 9.90 Å². The Labute approximate surface area is 92.6 Å². The van der Waals surface area contributed by atoms with Crippen molar-refractivity contribution >= 4 is 17.7 Å². The quantitative estimate of drug-likeness (QED) is 0.676. The number of aromatic amines is 1. The van der Waals surface area contributed by atoms with Crippen molar-refractivity contribution in [2.45, 2.75) is 18.2 Å². The topological polar surface area (TPSA) is 78.0 Å². The van der Waals surface area contributed by atoms with E-state index in [1.165, 1.54) is 24.2 Å². The van der Waals surface area contributed by atoms with Crippen LogP contribution in [-0.4, -0.2) is 45.4 Å². The molecule has 0 saturated heterocycles. The van der Waals surface area contributed by atoms with E-state index in [1.54, 1.807) is 0 Å². The summed E-state index contributed by atoms with van der Waals surface area (Å²) >= 11 is 1.53. The number of rotatable bonds is 5. The Morgan fingerprint density at radius 3 is 3.00 bits per heavy atom. The van der Waals surface area contributed by atoms with Crippen molar-refractivity contribution in [3.05, 3.63) is 18.0 Å². The van der Waals surface area contributed by atoms with E-state index in [9.17, 15) is 4.79 Å². The largest absolute Gasteiger partial charge is 0.395 e. The molecule has 0 aliphatic carbocycles. The zero-order valence-corrected chi connectivity index (χ0v) is 9.54. The summed E-state index contributed by atoms with van der Waals surface area (Å²) in [6, 6.07) is -0.0765. The molecule has 1 aromatic heterocycles. The Hall–Kier alpha value is -1.01. The molecule has 1 heterocycles. The number of hydrogen-bond acceptors (Lipinski definition) is 4. The van der Waals surface area contributed by atoms with E-state index in [-0.39, 0.29) is 23.8 Å². The first kappa shape index (κ1) is 12.1. The summed E-state index contributed by atoms with van der Waals surface area (Å²) in [4.78, 5) is 11.6. The third kappa shape index (κ3) is 3.24. The van der Waals surface area contributed by atoms with Crippen molar-refractivity contribution in [1.82, 2.24) is 15.5 Å². The Bertz CT molecular complexity index is 298. The molecule has 15 heavy (non-hydrogen) atoms. The van der Waals surface area contributed by atoms with Gasteiger partial charge in [0.2, 0.25) is 0 Å². The van der Waals surface area contributed by atoms with Gasteiger partial charge in [0.05, 0.1) is 18.4 Å². The number of H-pyrrole nitrogens is 1. The van der Waals surface area contributed by atoms with Crippen LogP contribution in [0.3, 0.4) is 0 Å². The summed E-state index contributed by atoms with van der Waals surface area (Å²) in [7, 11) is 0. The molecule has 0 aliphatic heterocycles. The number of aromatic nitrogens is 2. The molecular formula is C9H15N3O2S. The molecular weight excluding hydrogens is 214 g/mol. The van der Waals surface area contributed by atoms with E-state index in [0.717, 1.165) is 0 Å². The van der Waals surface area contributed by atoms with Crippen molar-refractivity contribution in [2.24, 2.45) is 0 Å². The lowest BCUT2D eigenvalue weighted by molar-refractivity contribution is 0.0936. The van der Waals surface area contributed by atoms with Gasteiger partial charge in [0.1, 0.15) is 0 Å². The maximum absolute atomic E-state index is 11.6. The molecule has 1 amide bonds. The zero-order chi connectivity index (χ0) is 11.3. The average molecular weight is 229 g/mol. The maximum atomic E-state index is 11.6. The van der Waals surface area contributed by atoms with Crippen LogP contribution < -0.4 is 5.32 Å². The van der Waals surface area contributed by atoms with Crippen LogP contribution in [0.2, 0.25) is 0 Å². The minimum Gasteiger partial charge on any atom is -0.395 e. The number of carbonyl (C=O) groups excluding carboxylic acids is 1. The summed E-state index contributed by atoms with van der Waals surface area (Å²) in [5.74, 6) is -0.177. The summed E-state index contributed by atoms with van der Waals surface area (Å²) in [5, 5.41) is 18.1. The molecule has 0 spiro atoms. The van der Waals surface area contributed by atoms with E-state index in [2.05, 4.69) is 15.5 Å². The fourth-order valence-electron chi connectivity index (χ4n) is 1.19. The number of aliphatic hydroxyl groups excluding tert-OH is 1. The fourth-order valence-corrected chi connectivity index (χ4v) is 1.82. The van der Waals surface area contributed by atoms with Crippen LogP contribution in [0.25, 0.3) is 0 Å². The lowest BCUT2D eigenvalue weighted by Gasteiger charge is -2.20. The molecule has 0 radical (unpaired) electrons. The van der Waals surface area contributed by atoms with Gasteiger partial charge < -0.3 is 10.4 Å². The number of aliphatic hydroxyl groups is 1. The third-order valence-corrected chi connectivity index (χ3v) is 3.32. The molecule has 0 bridgehead atoms. The monoisotopic (exact) mass is 229 g/mol. The summed E-state index contributed by atoms with van der Waals surface area (Å²) in [5.41, 5.74) is 0.500. The average Bonchev–Trinajstić information content (AvgIpc) is 2.72. The van der Waals surface area contributed by atoms with E-state index in [0.29, 0.717) is 5.56 Å². The first-order valence-corrected chi connectivity index (χ1v) is 5.91. The van der Waals surface area contributed by atoms with Gasteiger partial charge in [-0.05, 0) is 13.2 Å². The van der Waals surface area contributed by atoms with Crippen molar-refractivity contribution in [3.63, 3.8) is 0 Å². The Morgan fingerprint density at radius 2 is 2.53 bits per heavy atom. The summed E-state index contributed by atoms with van der Waals surface area (Å²) in [6.07, 6.45) is 4.91. The summed E-state index contributed by atoms with van der Waals surface area (Å²) < 4.78 is 0. The van der Waals surface area contributed by atoms with Crippen LogP contribution >= 0.6 is 11.8 Å². The molecule has 0 fully saturated rings. The molecule has 6 heteroatoms. The highest BCUT2D eigenvalue weighted by Gasteiger charge is 2.18. The predicted octanol–water partition coefficient (Wildman–Crippen LogP) is 0.252. The molecule has 5 nitrogen and oxygen atoms in total. The van der Waals surface area contributed by atoms with Crippen LogP contribution in [0, 0.1) is 0 Å². The van der Waals surface area contributed by atoms with Gasteiger partial charge >= 0.3 is 0 Å². The molecule has 1 aromatic rings. The minimum absolute atomic E-state index is 0.0147. The van der Waals surface area contributed by atoms with Gasteiger partial charge in [-0.1, -0.05) is 0 Å². The van der Waals surface area contributed by atoms with E-state index in [4.69, 9.17) is 5.11 Å². The molecule has 2 atom stereocenters. The molecule has 0 saturated carbocycles. The first-order valence-electron chi connectivity index (χ1n) is 4.62. The predicted molar refractivity (Wildman–Crippen MR) is 59.9 cm³/mol. The van der Waals surface area contributed by atoms with Gasteiger partial charge in [0.15, 0.2) is 0 Å². The highest BCUT2D eigenvalue weighted by Crippen LogP contribution is 2.10. The van der Waals surface area contributed by atoms with Gasteiger partial charge in [0, 0.05) is 17.5 Å². The zero-order valence-electron chi connectivity index (χ0n) is 8.73. The fraction of sp³-hybridized carbons (Fsp3) is 0.556. The second kappa shape index (κ2) is 5.77. The Kier molecular flexibility index (Phi) is 4.64. The number of thioether (sulfide) groups is 1. The van der Waals surface area contributed by atoms with Gasteiger partial charge in [-0.3, -0.25) is 9.89 Å². The van der Waals surface area contributed by atoms with Crippen molar-refractivity contribution in [2.75, 3.05) is 12.9 Å². The van der Waals surface area contributed by atoms with Crippen LogP contribution in [0.4, 0.5) is 0 Å². The van der Waals surface area contributed by atoms with E-state index >= 15 is 0 Å². The lowest BCUT2D eigenvalue weighted by atomic mass is 10.2. The smallest absolute Gasteiger partial charge is 0.254 e. The number of amides is 1. The van der Waals surface area contributed by atoms with Gasteiger partial charge in [0.25, 0.3) is 5.91 Å². The summed E-state index contributed by atoms with van der Waals surface area (Å²) in [6.45, 7) is 1.92. The van der Waals surface area contributed by atoms with Gasteiger partial charge in [-0.25, -0.2) is 0 Å². The minimum atomic E-state index is -0.177. The number of carbonyl (C=O) groups is 1. The molecule has 0 aliphatic rings. The van der Waals surface area contributed by atoms with Crippen LogP contribution in [0.15, 0.2) is 12.4 Å². The standard InChI is InChI=1S/C9H15N3O2S/c1-6(8(5-13)15-2)12-9(14)7-3-10-11-4-7/h3-4,6,8,13H,5H2,1-2H3,(H,10,11)(H,12,14). The lowest BCUT2D eigenvalue weighted by Crippen LogP contribution is -2.41. The van der Waals surface area contributed by atoms with E-state index < -0.39 is 0 Å². The Morgan fingerprint density at radius 1 is 1.80 bits per heavy atom. The van der Waals surface area contributed by atoms with Crippen LogP contribution in [-0.2, 0) is 0 Å². The molecule has 2 unspecified atom stereocenters. The molecule has 0 aromatic carbocycles. The van der Waals surface area contributed by atoms with Crippen molar-refractivity contribution in [1.29, 1.82) is 0 Å². The van der Waals surface area contributed by atoms with Gasteiger partial charge in [-0.2, -0.15) is 16.9 Å². The second-order valence-corrected chi connectivity index (χ2v) is 4.28. The maximum Gasteiger partial charge on any atom is 0.254 e. The number of nitrogens with one attached hydrogen (secondary N) is 2. The van der Waals surface area contributed by atoms with Gasteiger partial charge in [-0.15, -0.1) is 0 Å². The second-order valence-electron chi connectivity index (χ2n) is 3.21. The van der Waals surface area contributed by atoms with Crippen LogP contribution in [0.5, 0.6) is 0 Å². The van der Waals surface area contributed by atoms with E-state index in [1.807, 2.05) is 13.2 Å². The first-order chi connectivity index (χ1) is 7.19. The third-order valence-electron chi connectivity index (χ3n) is 2.16. The molecule has 3 N–H and O–H groups in total. The number of nitrogens with zero attached hydrogens (tertiary/aromatic N) is 1. The van der Waals surface area contributed by atoms with Crippen LogP contribution in [0.1, 0.15) is 17.3 Å². The SMILES string of the molecule is CSC(CO)C(C)NC(=O)c1cn[nH]c1. The highest BCUT2D eigenvalue weighted by atomic mass is 32.2. The highest BCUT2D eigenvalue weighted by molar-refractivity contribution is 7.99.